The van der Waals surface area contributed by atoms with Gasteiger partial charge in [0.2, 0.25) is 0 Å². The van der Waals surface area contributed by atoms with E-state index >= 15 is 0 Å². The standard InChI is InChI=1S/C16H17ClF3N5O/c1-24-8-10(6-22-24)15(26)23-12-3-2-4-25(9-12)14-13(17)5-11(7-21-14)16(18,19)20/h5-8,12H,2-4,9H2,1H3,(H,23,26). The highest BCUT2D eigenvalue weighted by molar-refractivity contribution is 6.33. The van der Waals surface area contributed by atoms with Crippen LogP contribution in [0, 0.1) is 0 Å². The number of alkyl halides is 3. The molecule has 1 atom stereocenters. The number of amides is 1. The molecule has 0 saturated carbocycles. The first-order valence-corrected chi connectivity index (χ1v) is 8.39. The van der Waals surface area contributed by atoms with Gasteiger partial charge in [-0.1, -0.05) is 11.6 Å². The van der Waals surface area contributed by atoms with E-state index in [1.807, 2.05) is 0 Å². The summed E-state index contributed by atoms with van der Waals surface area (Å²) in [5.74, 6) is 0.0522. The van der Waals surface area contributed by atoms with E-state index in [9.17, 15) is 18.0 Å². The van der Waals surface area contributed by atoms with E-state index in [-0.39, 0.29) is 17.0 Å². The fraction of sp³-hybridized carbons (Fsp3) is 0.438. The number of pyridine rings is 1. The Bertz CT molecular complexity index is 807. The third-order valence-electron chi connectivity index (χ3n) is 4.17. The Labute approximate surface area is 153 Å². The quantitative estimate of drug-likeness (QED) is 0.879. The smallest absolute Gasteiger partial charge is 0.353 e. The fourth-order valence-electron chi connectivity index (χ4n) is 2.91. The molecule has 1 fully saturated rings. The fourth-order valence-corrected chi connectivity index (χ4v) is 3.20. The second-order valence-corrected chi connectivity index (χ2v) is 6.60. The van der Waals surface area contributed by atoms with Crippen molar-refractivity contribution in [3.05, 3.63) is 40.8 Å². The van der Waals surface area contributed by atoms with E-state index in [1.165, 1.54) is 10.9 Å². The normalized spacial score (nSPS) is 18.0. The van der Waals surface area contributed by atoms with Gasteiger partial charge in [-0.25, -0.2) is 4.98 Å². The largest absolute Gasteiger partial charge is 0.417 e. The minimum Gasteiger partial charge on any atom is -0.353 e. The second-order valence-electron chi connectivity index (χ2n) is 6.19. The first-order valence-electron chi connectivity index (χ1n) is 8.01. The molecule has 1 aliphatic heterocycles. The van der Waals surface area contributed by atoms with Gasteiger partial charge in [0, 0.05) is 38.6 Å². The van der Waals surface area contributed by atoms with E-state index in [2.05, 4.69) is 15.4 Å². The lowest BCUT2D eigenvalue weighted by molar-refractivity contribution is -0.137. The van der Waals surface area contributed by atoms with Crippen LogP contribution in [0.4, 0.5) is 19.0 Å². The van der Waals surface area contributed by atoms with Crippen LogP contribution in [0.25, 0.3) is 0 Å². The van der Waals surface area contributed by atoms with Gasteiger partial charge in [0.25, 0.3) is 5.91 Å². The first kappa shape index (κ1) is 18.5. The first-order chi connectivity index (χ1) is 12.2. The van der Waals surface area contributed by atoms with E-state index in [0.29, 0.717) is 24.5 Å². The zero-order chi connectivity index (χ0) is 18.9. The number of carbonyl (C=O) groups is 1. The van der Waals surface area contributed by atoms with Crippen LogP contribution in [0.5, 0.6) is 0 Å². The highest BCUT2D eigenvalue weighted by atomic mass is 35.5. The Balaban J connectivity index is 1.69. The lowest BCUT2D eigenvalue weighted by Gasteiger charge is -2.34. The molecular formula is C16H17ClF3N5O. The van der Waals surface area contributed by atoms with Crippen molar-refractivity contribution >= 4 is 23.3 Å². The molecule has 0 spiro atoms. The summed E-state index contributed by atoms with van der Waals surface area (Å²) in [6.45, 7) is 1.03. The van der Waals surface area contributed by atoms with Crippen LogP contribution in [0.3, 0.4) is 0 Å². The number of nitrogens with one attached hydrogen (secondary N) is 1. The van der Waals surface area contributed by atoms with Gasteiger partial charge in [0.15, 0.2) is 0 Å². The van der Waals surface area contributed by atoms with Crippen molar-refractivity contribution in [1.29, 1.82) is 0 Å². The molecule has 140 valence electrons. The number of piperidine rings is 1. The molecular weight excluding hydrogens is 371 g/mol. The molecule has 0 radical (unpaired) electrons. The molecule has 0 aromatic carbocycles. The number of aromatic nitrogens is 3. The number of nitrogens with zero attached hydrogens (tertiary/aromatic N) is 4. The highest BCUT2D eigenvalue weighted by Crippen LogP contribution is 2.34. The Morgan fingerprint density at radius 2 is 2.15 bits per heavy atom. The predicted molar refractivity (Wildman–Crippen MR) is 90.2 cm³/mol. The van der Waals surface area contributed by atoms with Gasteiger partial charge in [0.05, 0.1) is 22.3 Å². The third kappa shape index (κ3) is 4.09. The van der Waals surface area contributed by atoms with Gasteiger partial charge in [-0.05, 0) is 18.9 Å². The molecule has 0 aliphatic carbocycles. The second kappa shape index (κ2) is 7.14. The molecule has 1 N–H and O–H groups in total. The number of hydrogen-bond donors (Lipinski definition) is 1. The summed E-state index contributed by atoms with van der Waals surface area (Å²) in [5, 5.41) is 6.82. The molecule has 1 unspecified atom stereocenters. The van der Waals surface area contributed by atoms with Crippen LogP contribution < -0.4 is 10.2 Å². The zero-order valence-electron chi connectivity index (χ0n) is 13.9. The molecule has 1 amide bonds. The van der Waals surface area contributed by atoms with Crippen molar-refractivity contribution < 1.29 is 18.0 Å². The molecule has 3 heterocycles. The average Bonchev–Trinajstić information content (AvgIpc) is 3.01. The molecule has 1 aliphatic rings. The summed E-state index contributed by atoms with van der Waals surface area (Å²) < 4.78 is 39.8. The molecule has 0 bridgehead atoms. The Morgan fingerprint density at radius 3 is 2.77 bits per heavy atom. The summed E-state index contributed by atoms with van der Waals surface area (Å²) in [4.78, 5) is 17.9. The molecule has 10 heteroatoms. The van der Waals surface area contributed by atoms with Crippen LogP contribution >= 0.6 is 11.6 Å². The van der Waals surface area contributed by atoms with Crippen LogP contribution in [-0.2, 0) is 13.2 Å². The van der Waals surface area contributed by atoms with Crippen molar-refractivity contribution in [2.24, 2.45) is 7.05 Å². The number of halogens is 4. The maximum atomic E-state index is 12.7. The van der Waals surface area contributed by atoms with Crippen LogP contribution in [0.2, 0.25) is 5.02 Å². The summed E-state index contributed by atoms with van der Waals surface area (Å²) in [6, 6.07) is 0.721. The van der Waals surface area contributed by atoms with E-state index in [4.69, 9.17) is 11.6 Å². The van der Waals surface area contributed by atoms with Crippen LogP contribution in [0.1, 0.15) is 28.8 Å². The van der Waals surface area contributed by atoms with Gasteiger partial charge in [0.1, 0.15) is 5.82 Å². The highest BCUT2D eigenvalue weighted by Gasteiger charge is 2.32. The maximum absolute atomic E-state index is 12.7. The maximum Gasteiger partial charge on any atom is 0.417 e. The third-order valence-corrected chi connectivity index (χ3v) is 4.45. The molecule has 2 aromatic rings. The molecule has 3 rings (SSSR count). The van der Waals surface area contributed by atoms with E-state index in [1.54, 1.807) is 18.1 Å². The van der Waals surface area contributed by atoms with Crippen molar-refractivity contribution in [3.63, 3.8) is 0 Å². The SMILES string of the molecule is Cn1cc(C(=O)NC2CCCN(c3ncc(C(F)(F)F)cc3Cl)C2)cn1. The summed E-state index contributed by atoms with van der Waals surface area (Å²) in [7, 11) is 1.72. The van der Waals surface area contributed by atoms with Crippen molar-refractivity contribution in [3.8, 4) is 0 Å². The number of anilines is 1. The predicted octanol–water partition coefficient (Wildman–Crippen LogP) is 2.89. The van der Waals surface area contributed by atoms with Gasteiger partial charge in [-0.15, -0.1) is 0 Å². The lowest BCUT2D eigenvalue weighted by Crippen LogP contribution is -2.48. The van der Waals surface area contributed by atoms with Gasteiger partial charge < -0.3 is 10.2 Å². The summed E-state index contributed by atoms with van der Waals surface area (Å²) in [5.41, 5.74) is -0.431. The zero-order valence-corrected chi connectivity index (χ0v) is 14.7. The number of rotatable bonds is 3. The minimum atomic E-state index is -4.49. The molecule has 1 saturated heterocycles. The average molecular weight is 388 g/mol. The van der Waals surface area contributed by atoms with E-state index < -0.39 is 11.7 Å². The van der Waals surface area contributed by atoms with Crippen LogP contribution in [0.15, 0.2) is 24.7 Å². The van der Waals surface area contributed by atoms with Crippen LogP contribution in [-0.4, -0.2) is 39.8 Å². The van der Waals surface area contributed by atoms with E-state index in [0.717, 1.165) is 25.1 Å². The van der Waals surface area contributed by atoms with Gasteiger partial charge >= 0.3 is 6.18 Å². The topological polar surface area (TPSA) is 63.1 Å². The Morgan fingerprint density at radius 1 is 1.38 bits per heavy atom. The van der Waals surface area contributed by atoms with Gasteiger partial charge in [-0.2, -0.15) is 18.3 Å². The summed E-state index contributed by atoms with van der Waals surface area (Å²) >= 11 is 6.02. The minimum absolute atomic E-state index is 0.0564. The Kier molecular flexibility index (Phi) is 5.08. The molecule has 6 nitrogen and oxygen atoms in total. The summed E-state index contributed by atoms with van der Waals surface area (Å²) in [6.07, 6.45) is 0.905. The van der Waals surface area contributed by atoms with Crippen molar-refractivity contribution in [2.45, 2.75) is 25.1 Å². The van der Waals surface area contributed by atoms with Gasteiger partial charge in [-0.3, -0.25) is 9.48 Å². The van der Waals surface area contributed by atoms with Crippen molar-refractivity contribution in [2.75, 3.05) is 18.0 Å². The lowest BCUT2D eigenvalue weighted by atomic mass is 10.1. The Hall–Kier alpha value is -2.29. The van der Waals surface area contributed by atoms with Crippen molar-refractivity contribution in [1.82, 2.24) is 20.1 Å². The molecule has 2 aromatic heterocycles. The number of aryl methyl sites for hydroxylation is 1. The number of carbonyl (C=O) groups excluding carboxylic acids is 1. The number of hydrogen-bond acceptors (Lipinski definition) is 4. The monoisotopic (exact) mass is 387 g/mol. The molecule has 26 heavy (non-hydrogen) atoms.